The molecule has 1 aromatic heterocycles. The molecule has 2 aromatic carbocycles. The second kappa shape index (κ2) is 6.09. The average Bonchev–Trinajstić information content (AvgIpc) is 2.97. The molecule has 0 fully saturated rings. The van der Waals surface area contributed by atoms with E-state index in [0.29, 0.717) is 12.3 Å². The number of fused-ring (bicyclic) bond motifs is 3. The summed E-state index contributed by atoms with van der Waals surface area (Å²) in [5.74, 6) is 1.47. The van der Waals surface area contributed by atoms with Crippen LogP contribution in [0.25, 0.3) is 11.0 Å². The van der Waals surface area contributed by atoms with Crippen LogP contribution in [0.1, 0.15) is 35.3 Å². The highest BCUT2D eigenvalue weighted by atomic mass is 16.3. The number of hydrogen-bond donors (Lipinski definition) is 2. The Balaban J connectivity index is 1.63. The van der Waals surface area contributed by atoms with Gasteiger partial charge in [0, 0.05) is 36.0 Å². The van der Waals surface area contributed by atoms with Gasteiger partial charge >= 0.3 is 0 Å². The molecular formula is C20H21NO2. The molecule has 3 heteroatoms. The molecule has 0 saturated carbocycles. The van der Waals surface area contributed by atoms with Crippen molar-refractivity contribution in [1.29, 1.82) is 0 Å². The van der Waals surface area contributed by atoms with Crippen LogP contribution >= 0.6 is 0 Å². The van der Waals surface area contributed by atoms with Crippen LogP contribution in [0.15, 0.2) is 46.9 Å². The molecule has 0 aliphatic heterocycles. The Hall–Kier alpha value is -2.26. The maximum absolute atomic E-state index is 10.3. The van der Waals surface area contributed by atoms with Crippen molar-refractivity contribution in [3.8, 4) is 5.75 Å². The van der Waals surface area contributed by atoms with Crippen molar-refractivity contribution in [3.05, 3.63) is 64.9 Å². The Labute approximate surface area is 135 Å². The van der Waals surface area contributed by atoms with Crippen molar-refractivity contribution in [2.45, 2.75) is 38.8 Å². The zero-order valence-electron chi connectivity index (χ0n) is 13.1. The Kier molecular flexibility index (Phi) is 3.80. The Morgan fingerprint density at radius 1 is 0.957 bits per heavy atom. The molecule has 3 aromatic rings. The van der Waals surface area contributed by atoms with Crippen LogP contribution in [0.5, 0.6) is 5.75 Å². The van der Waals surface area contributed by atoms with E-state index in [1.807, 2.05) is 24.3 Å². The van der Waals surface area contributed by atoms with Gasteiger partial charge in [-0.15, -0.1) is 0 Å². The number of nitrogens with one attached hydrogen (secondary N) is 1. The highest BCUT2D eigenvalue weighted by Crippen LogP contribution is 2.37. The van der Waals surface area contributed by atoms with Crippen molar-refractivity contribution in [2.24, 2.45) is 0 Å². The number of phenols is 1. The molecule has 1 aliphatic carbocycles. The molecule has 0 radical (unpaired) electrons. The van der Waals surface area contributed by atoms with Gasteiger partial charge in [-0.2, -0.15) is 0 Å². The van der Waals surface area contributed by atoms with Crippen molar-refractivity contribution in [1.82, 2.24) is 5.32 Å². The Morgan fingerprint density at radius 3 is 2.65 bits per heavy atom. The predicted molar refractivity (Wildman–Crippen MR) is 91.5 cm³/mol. The van der Waals surface area contributed by atoms with E-state index in [2.05, 4.69) is 17.4 Å². The first kappa shape index (κ1) is 14.3. The van der Waals surface area contributed by atoms with Crippen LogP contribution < -0.4 is 5.32 Å². The number of hydrogen-bond acceptors (Lipinski definition) is 3. The monoisotopic (exact) mass is 307 g/mol. The fourth-order valence-electron chi connectivity index (χ4n) is 3.53. The van der Waals surface area contributed by atoms with E-state index in [4.69, 9.17) is 4.42 Å². The lowest BCUT2D eigenvalue weighted by atomic mass is 9.93. The lowest BCUT2D eigenvalue weighted by Gasteiger charge is -2.12. The van der Waals surface area contributed by atoms with E-state index in [1.54, 1.807) is 6.07 Å². The van der Waals surface area contributed by atoms with Crippen LogP contribution in [0.3, 0.4) is 0 Å². The molecule has 1 heterocycles. The quantitative estimate of drug-likeness (QED) is 0.755. The maximum Gasteiger partial charge on any atom is 0.135 e. The third-order valence-corrected chi connectivity index (χ3v) is 4.68. The summed E-state index contributed by atoms with van der Waals surface area (Å²) in [6.45, 7) is 1.43. The molecule has 0 bridgehead atoms. The summed E-state index contributed by atoms with van der Waals surface area (Å²) in [6.07, 6.45) is 4.47. The molecule has 4 rings (SSSR count). The van der Waals surface area contributed by atoms with Gasteiger partial charge in [-0.3, -0.25) is 0 Å². The van der Waals surface area contributed by atoms with Gasteiger partial charge in [0.05, 0.1) is 0 Å². The van der Waals surface area contributed by atoms with Crippen LogP contribution in [-0.2, 0) is 25.9 Å². The average molecular weight is 307 g/mol. The van der Waals surface area contributed by atoms with Crippen LogP contribution in [-0.4, -0.2) is 5.11 Å². The number of benzene rings is 2. The first-order valence-electron chi connectivity index (χ1n) is 8.32. The molecule has 0 spiro atoms. The second-order valence-corrected chi connectivity index (χ2v) is 6.24. The third kappa shape index (κ3) is 2.73. The standard InChI is InChI=1S/C20H21NO2/c22-17-10-11-19-20(15-8-4-5-9-18(15)23-19)16(17)13-21-12-14-6-2-1-3-7-14/h1-3,6-7,10-11,21-22H,4-5,8-9,12-13H2. The van der Waals surface area contributed by atoms with Gasteiger partial charge in [0.2, 0.25) is 0 Å². The molecule has 3 nitrogen and oxygen atoms in total. The van der Waals surface area contributed by atoms with Crippen molar-refractivity contribution in [3.63, 3.8) is 0 Å². The number of aryl methyl sites for hydroxylation is 2. The zero-order valence-corrected chi connectivity index (χ0v) is 13.1. The molecule has 118 valence electrons. The minimum absolute atomic E-state index is 0.354. The molecule has 0 saturated heterocycles. The van der Waals surface area contributed by atoms with Gasteiger partial charge in [0.1, 0.15) is 17.1 Å². The van der Waals surface area contributed by atoms with Gasteiger partial charge in [0.25, 0.3) is 0 Å². The van der Waals surface area contributed by atoms with E-state index in [1.165, 1.54) is 24.0 Å². The number of aromatic hydroxyl groups is 1. The summed E-state index contributed by atoms with van der Waals surface area (Å²) in [5, 5.41) is 14.9. The van der Waals surface area contributed by atoms with Gasteiger partial charge in [-0.25, -0.2) is 0 Å². The van der Waals surface area contributed by atoms with Crippen LogP contribution in [0.4, 0.5) is 0 Å². The van der Waals surface area contributed by atoms with Crippen molar-refractivity contribution in [2.75, 3.05) is 0 Å². The van der Waals surface area contributed by atoms with Crippen molar-refractivity contribution < 1.29 is 9.52 Å². The molecule has 0 atom stereocenters. The SMILES string of the molecule is Oc1ccc2oc3c(c2c1CNCc1ccccc1)CCCC3. The fraction of sp³-hybridized carbons (Fsp3) is 0.300. The van der Waals surface area contributed by atoms with Gasteiger partial charge < -0.3 is 14.8 Å². The van der Waals surface area contributed by atoms with E-state index < -0.39 is 0 Å². The Bertz CT molecular complexity index is 821. The van der Waals surface area contributed by atoms with Gasteiger partial charge in [0.15, 0.2) is 0 Å². The summed E-state index contributed by atoms with van der Waals surface area (Å²) in [4.78, 5) is 0. The van der Waals surface area contributed by atoms with Crippen LogP contribution in [0, 0.1) is 0 Å². The smallest absolute Gasteiger partial charge is 0.135 e. The number of phenolic OH excluding ortho intramolecular Hbond substituents is 1. The van der Waals surface area contributed by atoms with E-state index >= 15 is 0 Å². The molecule has 0 amide bonds. The summed E-state index contributed by atoms with van der Waals surface area (Å²) in [5.41, 5.74) is 4.42. The molecule has 2 N–H and O–H groups in total. The van der Waals surface area contributed by atoms with Crippen molar-refractivity contribution >= 4 is 11.0 Å². The highest BCUT2D eigenvalue weighted by molar-refractivity contribution is 5.88. The third-order valence-electron chi connectivity index (χ3n) is 4.68. The number of rotatable bonds is 4. The fourth-order valence-corrected chi connectivity index (χ4v) is 3.53. The molecule has 0 unspecified atom stereocenters. The second-order valence-electron chi connectivity index (χ2n) is 6.24. The predicted octanol–water partition coefficient (Wildman–Crippen LogP) is 4.31. The lowest BCUT2D eigenvalue weighted by molar-refractivity contribution is 0.465. The first-order chi connectivity index (χ1) is 11.3. The summed E-state index contributed by atoms with van der Waals surface area (Å²) in [7, 11) is 0. The van der Waals surface area contributed by atoms with Gasteiger partial charge in [-0.05, 0) is 37.0 Å². The highest BCUT2D eigenvalue weighted by Gasteiger charge is 2.21. The van der Waals surface area contributed by atoms with Crippen LogP contribution in [0.2, 0.25) is 0 Å². The lowest BCUT2D eigenvalue weighted by Crippen LogP contribution is -2.13. The molecule has 23 heavy (non-hydrogen) atoms. The van der Waals surface area contributed by atoms with E-state index in [-0.39, 0.29) is 0 Å². The molecular weight excluding hydrogens is 286 g/mol. The summed E-state index contributed by atoms with van der Waals surface area (Å²) in [6, 6.07) is 14.0. The minimum Gasteiger partial charge on any atom is -0.508 e. The Morgan fingerprint density at radius 2 is 1.78 bits per heavy atom. The topological polar surface area (TPSA) is 45.4 Å². The normalized spacial score (nSPS) is 14.1. The minimum atomic E-state index is 0.354. The zero-order chi connectivity index (χ0) is 15.6. The summed E-state index contributed by atoms with van der Waals surface area (Å²) < 4.78 is 6.01. The maximum atomic E-state index is 10.3. The molecule has 1 aliphatic rings. The van der Waals surface area contributed by atoms with Gasteiger partial charge in [-0.1, -0.05) is 30.3 Å². The summed E-state index contributed by atoms with van der Waals surface area (Å²) >= 11 is 0. The van der Waals surface area contributed by atoms with E-state index in [9.17, 15) is 5.11 Å². The van der Waals surface area contributed by atoms with E-state index in [0.717, 1.165) is 41.7 Å². The number of furan rings is 1. The first-order valence-corrected chi connectivity index (χ1v) is 8.32. The largest absolute Gasteiger partial charge is 0.508 e.